The molecule has 2 atom stereocenters. The van der Waals surface area contributed by atoms with E-state index in [0.29, 0.717) is 18.0 Å². The van der Waals surface area contributed by atoms with Crippen LogP contribution in [0.5, 0.6) is 11.5 Å². The third-order valence-electron chi connectivity index (χ3n) is 5.43. The molecule has 1 aromatic rings. The van der Waals surface area contributed by atoms with Crippen molar-refractivity contribution in [2.45, 2.75) is 45.7 Å². The van der Waals surface area contributed by atoms with E-state index in [1.807, 2.05) is 25.1 Å². The summed E-state index contributed by atoms with van der Waals surface area (Å²) in [6.07, 6.45) is 1.67. The Kier molecular flexibility index (Phi) is 6.89. The van der Waals surface area contributed by atoms with Crippen molar-refractivity contribution in [3.05, 3.63) is 23.8 Å². The van der Waals surface area contributed by atoms with E-state index in [0.717, 1.165) is 31.5 Å². The number of amides is 1. The standard InChI is InChI=1S/C20H33N3O3/c1-14(23-11-9-18(21)20(2,3)13-23)19(24)22-10-8-15-6-7-16(25-4)17(12-15)26-5/h6-7,12,14,18H,8-11,13,21H2,1-5H3,(H,22,24). The first kappa shape index (κ1) is 20.5. The van der Waals surface area contributed by atoms with Crippen LogP contribution in [-0.2, 0) is 11.2 Å². The number of nitrogens with one attached hydrogen (secondary N) is 1. The molecular formula is C20H33N3O3. The molecule has 26 heavy (non-hydrogen) atoms. The van der Waals surface area contributed by atoms with Crippen molar-refractivity contribution in [3.8, 4) is 11.5 Å². The van der Waals surface area contributed by atoms with Gasteiger partial charge in [-0.25, -0.2) is 0 Å². The highest BCUT2D eigenvalue weighted by atomic mass is 16.5. The first-order chi connectivity index (χ1) is 12.3. The van der Waals surface area contributed by atoms with Crippen molar-refractivity contribution in [2.24, 2.45) is 11.1 Å². The van der Waals surface area contributed by atoms with Crippen LogP contribution in [0.3, 0.4) is 0 Å². The molecule has 1 aliphatic rings. The molecule has 3 N–H and O–H groups in total. The average Bonchev–Trinajstić information content (AvgIpc) is 2.62. The number of methoxy groups -OCH3 is 2. The molecular weight excluding hydrogens is 330 g/mol. The van der Waals surface area contributed by atoms with Crippen LogP contribution in [0.25, 0.3) is 0 Å². The summed E-state index contributed by atoms with van der Waals surface area (Å²) < 4.78 is 10.6. The first-order valence-corrected chi connectivity index (χ1v) is 9.26. The molecule has 0 bridgehead atoms. The molecule has 2 rings (SSSR count). The van der Waals surface area contributed by atoms with Crippen molar-refractivity contribution in [3.63, 3.8) is 0 Å². The monoisotopic (exact) mass is 363 g/mol. The Morgan fingerprint density at radius 3 is 2.65 bits per heavy atom. The molecule has 0 spiro atoms. The molecule has 6 nitrogen and oxygen atoms in total. The predicted octanol–water partition coefficient (Wildman–Crippen LogP) is 1.81. The zero-order valence-electron chi connectivity index (χ0n) is 16.7. The molecule has 0 aromatic heterocycles. The molecule has 1 aromatic carbocycles. The first-order valence-electron chi connectivity index (χ1n) is 9.26. The summed E-state index contributed by atoms with van der Waals surface area (Å²) in [6.45, 7) is 8.62. The number of nitrogens with two attached hydrogens (primary N) is 1. The normalized spacial score (nSPS) is 21.1. The van der Waals surface area contributed by atoms with E-state index in [2.05, 4.69) is 24.1 Å². The molecule has 146 valence electrons. The molecule has 0 radical (unpaired) electrons. The van der Waals surface area contributed by atoms with Gasteiger partial charge in [0.25, 0.3) is 0 Å². The smallest absolute Gasteiger partial charge is 0.237 e. The quantitative estimate of drug-likeness (QED) is 0.773. The van der Waals surface area contributed by atoms with E-state index in [1.165, 1.54) is 0 Å². The summed E-state index contributed by atoms with van der Waals surface area (Å²) in [4.78, 5) is 14.8. The number of rotatable bonds is 7. The van der Waals surface area contributed by atoms with Crippen LogP contribution in [0.15, 0.2) is 18.2 Å². The van der Waals surface area contributed by atoms with Gasteiger partial charge in [0.1, 0.15) is 0 Å². The maximum atomic E-state index is 12.5. The van der Waals surface area contributed by atoms with Crippen LogP contribution in [-0.4, -0.2) is 56.7 Å². The van der Waals surface area contributed by atoms with E-state index in [1.54, 1.807) is 14.2 Å². The highest BCUT2D eigenvalue weighted by molar-refractivity contribution is 5.81. The summed E-state index contributed by atoms with van der Waals surface area (Å²) in [5, 5.41) is 3.05. The minimum atomic E-state index is -0.146. The van der Waals surface area contributed by atoms with Crippen LogP contribution in [0.2, 0.25) is 0 Å². The van der Waals surface area contributed by atoms with Crippen LogP contribution in [0, 0.1) is 5.41 Å². The van der Waals surface area contributed by atoms with E-state index in [9.17, 15) is 4.79 Å². The van der Waals surface area contributed by atoms with Crippen molar-refractivity contribution in [1.29, 1.82) is 0 Å². The minimum absolute atomic E-state index is 0.0342. The number of ether oxygens (including phenoxy) is 2. The van der Waals surface area contributed by atoms with Gasteiger partial charge in [0.2, 0.25) is 5.91 Å². The van der Waals surface area contributed by atoms with Crippen molar-refractivity contribution < 1.29 is 14.3 Å². The van der Waals surface area contributed by atoms with Gasteiger partial charge in [0.05, 0.1) is 20.3 Å². The Morgan fingerprint density at radius 2 is 2.04 bits per heavy atom. The lowest BCUT2D eigenvalue weighted by atomic mass is 9.79. The Hall–Kier alpha value is -1.79. The summed E-state index contributed by atoms with van der Waals surface area (Å²) in [5.41, 5.74) is 7.33. The molecule has 1 heterocycles. The van der Waals surface area contributed by atoms with Gasteiger partial charge in [0, 0.05) is 25.7 Å². The molecule has 6 heteroatoms. The topological polar surface area (TPSA) is 76.8 Å². The molecule has 1 fully saturated rings. The fourth-order valence-corrected chi connectivity index (χ4v) is 3.43. The number of likely N-dealkylation sites (tertiary alicyclic amines) is 1. The third kappa shape index (κ3) is 4.89. The van der Waals surface area contributed by atoms with Crippen LogP contribution < -0.4 is 20.5 Å². The lowest BCUT2D eigenvalue weighted by Crippen LogP contribution is -2.57. The van der Waals surface area contributed by atoms with Crippen LogP contribution in [0.4, 0.5) is 0 Å². The Labute approximate surface area is 157 Å². The van der Waals surface area contributed by atoms with Gasteiger partial charge in [-0.1, -0.05) is 19.9 Å². The van der Waals surface area contributed by atoms with Crippen LogP contribution in [0.1, 0.15) is 32.8 Å². The van der Waals surface area contributed by atoms with Crippen molar-refractivity contribution >= 4 is 5.91 Å². The molecule has 1 aliphatic heterocycles. The Morgan fingerprint density at radius 1 is 1.35 bits per heavy atom. The van der Waals surface area contributed by atoms with Crippen molar-refractivity contribution in [2.75, 3.05) is 33.9 Å². The van der Waals surface area contributed by atoms with Gasteiger partial charge in [-0.15, -0.1) is 0 Å². The largest absolute Gasteiger partial charge is 0.493 e. The number of carbonyl (C=O) groups excluding carboxylic acids is 1. The van der Waals surface area contributed by atoms with Gasteiger partial charge in [-0.05, 0) is 42.9 Å². The summed E-state index contributed by atoms with van der Waals surface area (Å²) >= 11 is 0. The van der Waals surface area contributed by atoms with E-state index in [-0.39, 0.29) is 23.4 Å². The highest BCUT2D eigenvalue weighted by Crippen LogP contribution is 2.29. The zero-order valence-corrected chi connectivity index (χ0v) is 16.7. The summed E-state index contributed by atoms with van der Waals surface area (Å²) in [6, 6.07) is 5.87. The van der Waals surface area contributed by atoms with E-state index < -0.39 is 0 Å². The average molecular weight is 364 g/mol. The number of hydrogen-bond donors (Lipinski definition) is 2. The van der Waals surface area contributed by atoms with Crippen LogP contribution >= 0.6 is 0 Å². The molecule has 1 amide bonds. The minimum Gasteiger partial charge on any atom is -0.493 e. The molecule has 2 unspecified atom stereocenters. The maximum Gasteiger partial charge on any atom is 0.237 e. The van der Waals surface area contributed by atoms with Gasteiger partial charge in [-0.3, -0.25) is 9.69 Å². The number of benzene rings is 1. The highest BCUT2D eigenvalue weighted by Gasteiger charge is 2.36. The third-order valence-corrected chi connectivity index (χ3v) is 5.43. The van der Waals surface area contributed by atoms with E-state index >= 15 is 0 Å². The number of hydrogen-bond acceptors (Lipinski definition) is 5. The number of nitrogens with zero attached hydrogens (tertiary/aromatic N) is 1. The fourth-order valence-electron chi connectivity index (χ4n) is 3.43. The predicted molar refractivity (Wildman–Crippen MR) is 104 cm³/mol. The van der Waals surface area contributed by atoms with Gasteiger partial charge in [0.15, 0.2) is 11.5 Å². The second-order valence-corrected chi connectivity index (χ2v) is 7.76. The number of carbonyl (C=O) groups is 1. The fraction of sp³-hybridized carbons (Fsp3) is 0.650. The molecule has 0 aliphatic carbocycles. The zero-order chi connectivity index (χ0) is 19.3. The summed E-state index contributed by atoms with van der Waals surface area (Å²) in [5.74, 6) is 1.48. The van der Waals surface area contributed by atoms with E-state index in [4.69, 9.17) is 15.2 Å². The van der Waals surface area contributed by atoms with Gasteiger partial charge in [-0.2, -0.15) is 0 Å². The summed E-state index contributed by atoms with van der Waals surface area (Å²) in [7, 11) is 3.24. The lowest BCUT2D eigenvalue weighted by Gasteiger charge is -2.44. The maximum absolute atomic E-state index is 12.5. The molecule has 0 saturated carbocycles. The van der Waals surface area contributed by atoms with Gasteiger partial charge < -0.3 is 20.5 Å². The Balaban J connectivity index is 1.85. The number of piperidine rings is 1. The Bertz CT molecular complexity index is 618. The SMILES string of the molecule is COc1ccc(CCNC(=O)C(C)N2CCC(N)C(C)(C)C2)cc1OC. The lowest BCUT2D eigenvalue weighted by molar-refractivity contribution is -0.127. The van der Waals surface area contributed by atoms with Gasteiger partial charge >= 0.3 is 0 Å². The second kappa shape index (κ2) is 8.73. The molecule has 1 saturated heterocycles. The second-order valence-electron chi connectivity index (χ2n) is 7.76. The van der Waals surface area contributed by atoms with Crippen molar-refractivity contribution in [1.82, 2.24) is 10.2 Å².